The number of hydrogen-bond donors (Lipinski definition) is 3. The van der Waals surface area contributed by atoms with Gasteiger partial charge in [0.1, 0.15) is 0 Å². The lowest BCUT2D eigenvalue weighted by Crippen LogP contribution is -2.33. The van der Waals surface area contributed by atoms with E-state index in [2.05, 4.69) is 16.0 Å². The van der Waals surface area contributed by atoms with E-state index in [4.69, 9.17) is 0 Å². The second-order valence-electron chi connectivity index (χ2n) is 4.64. The molecule has 17 heavy (non-hydrogen) atoms. The molecule has 0 aromatic carbocycles. The van der Waals surface area contributed by atoms with Crippen LogP contribution in [-0.4, -0.2) is 38.0 Å². The van der Waals surface area contributed by atoms with Crippen LogP contribution < -0.4 is 16.0 Å². The van der Waals surface area contributed by atoms with Crippen LogP contribution in [0.5, 0.6) is 0 Å². The van der Waals surface area contributed by atoms with Gasteiger partial charge in [-0.25, -0.2) is 0 Å². The topological polar surface area (TPSA) is 70.2 Å². The molecule has 2 amide bonds. The van der Waals surface area contributed by atoms with Crippen molar-refractivity contribution >= 4 is 24.2 Å². The van der Waals surface area contributed by atoms with Gasteiger partial charge < -0.3 is 16.0 Å². The molecule has 0 radical (unpaired) electrons. The van der Waals surface area contributed by atoms with Crippen LogP contribution in [0.25, 0.3) is 0 Å². The molecule has 5 nitrogen and oxygen atoms in total. The molecule has 98 valence electrons. The average molecular weight is 262 g/mol. The van der Waals surface area contributed by atoms with Gasteiger partial charge in [-0.15, -0.1) is 12.4 Å². The average Bonchev–Trinajstić information content (AvgIpc) is 2.89. The standard InChI is InChI=1S/C11H19N3O2.ClH/c15-10-5-9(7-14-10)11(16)13-4-2-8-1-3-12-6-8;/h8-9,12H,1-7H2,(H,13,16)(H,14,15);1H. The Morgan fingerprint density at radius 2 is 2.24 bits per heavy atom. The molecule has 0 aromatic heterocycles. The Kier molecular flexibility index (Phi) is 5.71. The molecule has 2 heterocycles. The van der Waals surface area contributed by atoms with Crippen LogP contribution >= 0.6 is 12.4 Å². The van der Waals surface area contributed by atoms with Crippen molar-refractivity contribution in [2.24, 2.45) is 11.8 Å². The van der Waals surface area contributed by atoms with Crippen molar-refractivity contribution in [3.8, 4) is 0 Å². The van der Waals surface area contributed by atoms with Crippen molar-refractivity contribution in [1.29, 1.82) is 0 Å². The van der Waals surface area contributed by atoms with Crippen LogP contribution in [0.1, 0.15) is 19.3 Å². The fourth-order valence-electron chi connectivity index (χ4n) is 2.30. The number of amides is 2. The summed E-state index contributed by atoms with van der Waals surface area (Å²) in [4.78, 5) is 22.6. The zero-order chi connectivity index (χ0) is 11.4. The van der Waals surface area contributed by atoms with Gasteiger partial charge in [-0.2, -0.15) is 0 Å². The van der Waals surface area contributed by atoms with Gasteiger partial charge in [0, 0.05) is 19.5 Å². The summed E-state index contributed by atoms with van der Waals surface area (Å²) in [6.07, 6.45) is 2.59. The van der Waals surface area contributed by atoms with E-state index in [1.165, 1.54) is 6.42 Å². The monoisotopic (exact) mass is 261 g/mol. The number of halogens is 1. The third-order valence-corrected chi connectivity index (χ3v) is 3.36. The zero-order valence-corrected chi connectivity index (χ0v) is 10.6. The lowest BCUT2D eigenvalue weighted by molar-refractivity contribution is -0.126. The van der Waals surface area contributed by atoms with Gasteiger partial charge in [0.05, 0.1) is 5.92 Å². The van der Waals surface area contributed by atoms with Crippen molar-refractivity contribution in [3.05, 3.63) is 0 Å². The Hall–Kier alpha value is -0.810. The summed E-state index contributed by atoms with van der Waals surface area (Å²) in [5, 5.41) is 8.89. The van der Waals surface area contributed by atoms with Crippen LogP contribution in [0.15, 0.2) is 0 Å². The highest BCUT2D eigenvalue weighted by Crippen LogP contribution is 2.12. The molecule has 0 bridgehead atoms. The summed E-state index contributed by atoms with van der Waals surface area (Å²) in [6.45, 7) is 3.39. The molecule has 2 saturated heterocycles. The summed E-state index contributed by atoms with van der Waals surface area (Å²) >= 11 is 0. The van der Waals surface area contributed by atoms with Gasteiger partial charge >= 0.3 is 0 Å². The number of nitrogens with one attached hydrogen (secondary N) is 3. The van der Waals surface area contributed by atoms with Gasteiger partial charge in [0.2, 0.25) is 11.8 Å². The van der Waals surface area contributed by atoms with E-state index in [-0.39, 0.29) is 30.1 Å². The predicted molar refractivity (Wildman–Crippen MR) is 67.0 cm³/mol. The third kappa shape index (κ3) is 4.16. The first kappa shape index (κ1) is 14.3. The van der Waals surface area contributed by atoms with Gasteiger partial charge in [-0.3, -0.25) is 9.59 Å². The minimum absolute atomic E-state index is 0. The summed E-state index contributed by atoms with van der Waals surface area (Å²) < 4.78 is 0. The molecule has 2 fully saturated rings. The Morgan fingerprint density at radius 3 is 2.82 bits per heavy atom. The van der Waals surface area contributed by atoms with Gasteiger partial charge in [-0.05, 0) is 31.8 Å². The lowest BCUT2D eigenvalue weighted by atomic mass is 10.0. The maximum Gasteiger partial charge on any atom is 0.225 e. The first-order valence-electron chi connectivity index (χ1n) is 6.01. The van der Waals surface area contributed by atoms with E-state index in [1.807, 2.05) is 0 Å². The number of carbonyl (C=O) groups is 2. The normalized spacial score (nSPS) is 27.4. The molecule has 2 unspecified atom stereocenters. The molecule has 3 N–H and O–H groups in total. The minimum atomic E-state index is -0.158. The third-order valence-electron chi connectivity index (χ3n) is 3.36. The van der Waals surface area contributed by atoms with Crippen LogP contribution in [-0.2, 0) is 9.59 Å². The van der Waals surface area contributed by atoms with Crippen LogP contribution in [0.4, 0.5) is 0 Å². The van der Waals surface area contributed by atoms with E-state index in [9.17, 15) is 9.59 Å². The van der Waals surface area contributed by atoms with E-state index < -0.39 is 0 Å². The second kappa shape index (κ2) is 6.81. The molecule has 0 saturated carbocycles. The Labute approximate surface area is 108 Å². The number of carbonyl (C=O) groups excluding carboxylic acids is 2. The number of rotatable bonds is 4. The summed E-state index contributed by atoms with van der Waals surface area (Å²) in [5.74, 6) is 0.544. The molecule has 2 aliphatic heterocycles. The Morgan fingerprint density at radius 1 is 1.41 bits per heavy atom. The first-order chi connectivity index (χ1) is 7.75. The highest BCUT2D eigenvalue weighted by Gasteiger charge is 2.27. The molecule has 2 aliphatic rings. The highest BCUT2D eigenvalue weighted by atomic mass is 35.5. The van der Waals surface area contributed by atoms with Gasteiger partial charge in [-0.1, -0.05) is 0 Å². The van der Waals surface area contributed by atoms with Crippen LogP contribution in [0.2, 0.25) is 0 Å². The smallest absolute Gasteiger partial charge is 0.225 e. The SMILES string of the molecule is Cl.O=C1CC(C(=O)NCCC2CCNC2)CN1. The molecule has 0 aliphatic carbocycles. The maximum atomic E-state index is 11.6. The van der Waals surface area contributed by atoms with Crippen molar-refractivity contribution in [2.75, 3.05) is 26.2 Å². The minimum Gasteiger partial charge on any atom is -0.356 e. The molecule has 2 atom stereocenters. The predicted octanol–water partition coefficient (Wildman–Crippen LogP) is -0.340. The largest absolute Gasteiger partial charge is 0.356 e. The summed E-state index contributed by atoms with van der Waals surface area (Å²) in [6, 6.07) is 0. The van der Waals surface area contributed by atoms with Crippen molar-refractivity contribution < 1.29 is 9.59 Å². The fourth-order valence-corrected chi connectivity index (χ4v) is 2.30. The molecule has 2 rings (SSSR count). The summed E-state index contributed by atoms with van der Waals surface area (Å²) in [7, 11) is 0. The van der Waals surface area contributed by atoms with Gasteiger partial charge in [0.25, 0.3) is 0 Å². The van der Waals surface area contributed by atoms with E-state index in [1.54, 1.807) is 0 Å². The number of hydrogen-bond acceptors (Lipinski definition) is 3. The molecular weight excluding hydrogens is 242 g/mol. The fraction of sp³-hybridized carbons (Fsp3) is 0.818. The zero-order valence-electron chi connectivity index (χ0n) is 9.83. The molecule has 6 heteroatoms. The van der Waals surface area contributed by atoms with Crippen LogP contribution in [0, 0.1) is 11.8 Å². The molecule has 0 aromatic rings. The van der Waals surface area contributed by atoms with E-state index in [0.717, 1.165) is 26.1 Å². The van der Waals surface area contributed by atoms with Gasteiger partial charge in [0.15, 0.2) is 0 Å². The second-order valence-corrected chi connectivity index (χ2v) is 4.64. The van der Waals surface area contributed by atoms with E-state index in [0.29, 0.717) is 18.9 Å². The quantitative estimate of drug-likeness (QED) is 0.649. The van der Waals surface area contributed by atoms with Crippen molar-refractivity contribution in [1.82, 2.24) is 16.0 Å². The van der Waals surface area contributed by atoms with E-state index >= 15 is 0 Å². The molecule has 0 spiro atoms. The highest BCUT2D eigenvalue weighted by molar-refractivity contribution is 5.89. The molecular formula is C11H20ClN3O2. The van der Waals surface area contributed by atoms with Crippen LogP contribution in [0.3, 0.4) is 0 Å². The lowest BCUT2D eigenvalue weighted by Gasteiger charge is -2.11. The van der Waals surface area contributed by atoms with Crippen molar-refractivity contribution in [2.45, 2.75) is 19.3 Å². The Bertz CT molecular complexity index is 280. The maximum absolute atomic E-state index is 11.6. The first-order valence-corrected chi connectivity index (χ1v) is 6.01. The summed E-state index contributed by atoms with van der Waals surface area (Å²) in [5.41, 5.74) is 0. The van der Waals surface area contributed by atoms with Crippen molar-refractivity contribution in [3.63, 3.8) is 0 Å². The Balaban J connectivity index is 0.00000144.